The molecule has 12 heteroatoms. The van der Waals surface area contributed by atoms with E-state index in [2.05, 4.69) is 15.3 Å². The standard InChI is InChI=1S/C25H23N5O4.CO2.ClH/c26-25(27)29-18-6-3-16(4-7-18)24(33)34-20-10-5-17-13-22(30-21(17)14-20)23(32)28-12-11-15-1-8-19(31)9-2-15;2-1-3;/h1-10,13-14,30-31H,11-12H2,(H,28,32)(H4,26,27,29);;1H. The summed E-state index contributed by atoms with van der Waals surface area (Å²) in [6.45, 7) is 0.448. The zero-order chi connectivity index (χ0) is 26.8. The summed E-state index contributed by atoms with van der Waals surface area (Å²) < 4.78 is 5.46. The van der Waals surface area contributed by atoms with Crippen LogP contribution in [0.15, 0.2) is 77.8 Å². The van der Waals surface area contributed by atoms with Crippen molar-refractivity contribution in [3.63, 3.8) is 0 Å². The number of hydrogen-bond acceptors (Lipinski definition) is 7. The molecule has 0 aliphatic heterocycles. The van der Waals surface area contributed by atoms with E-state index in [0.29, 0.717) is 41.2 Å². The van der Waals surface area contributed by atoms with E-state index in [4.69, 9.17) is 25.8 Å². The molecule has 1 aromatic heterocycles. The number of carbonyl (C=O) groups is 2. The third-order valence-corrected chi connectivity index (χ3v) is 5.05. The number of rotatable bonds is 7. The second-order valence-electron chi connectivity index (χ2n) is 7.66. The molecule has 0 saturated carbocycles. The summed E-state index contributed by atoms with van der Waals surface area (Å²) in [4.78, 5) is 48.2. The number of phenolic OH excluding ortho intramolecular Hbond substituents is 1. The molecule has 1 heterocycles. The molecule has 11 nitrogen and oxygen atoms in total. The summed E-state index contributed by atoms with van der Waals surface area (Å²) in [7, 11) is 0. The summed E-state index contributed by atoms with van der Waals surface area (Å²) in [6, 6.07) is 20.0. The van der Waals surface area contributed by atoms with Gasteiger partial charge in [-0.15, -0.1) is 12.4 Å². The van der Waals surface area contributed by atoms with Gasteiger partial charge in [0.1, 0.15) is 17.2 Å². The predicted molar refractivity (Wildman–Crippen MR) is 142 cm³/mol. The number of guanidine groups is 1. The minimum absolute atomic E-state index is 0. The highest BCUT2D eigenvalue weighted by Crippen LogP contribution is 2.23. The Morgan fingerprint density at radius 2 is 1.63 bits per heavy atom. The first kappa shape index (κ1) is 29.1. The van der Waals surface area contributed by atoms with Crippen LogP contribution in [0.3, 0.4) is 0 Å². The van der Waals surface area contributed by atoms with E-state index in [1.165, 1.54) is 0 Å². The molecular weight excluding hydrogens is 514 g/mol. The largest absolute Gasteiger partial charge is 0.508 e. The number of aliphatic imine (C=N–C) groups is 1. The van der Waals surface area contributed by atoms with Crippen LogP contribution in [-0.2, 0) is 16.0 Å². The number of aromatic hydroxyl groups is 1. The number of nitrogens with one attached hydrogen (secondary N) is 2. The molecule has 1 amide bonds. The summed E-state index contributed by atoms with van der Waals surface area (Å²) in [6.07, 6.45) is 0.888. The molecule has 196 valence electrons. The molecule has 0 radical (unpaired) electrons. The van der Waals surface area contributed by atoms with Crippen molar-refractivity contribution in [2.24, 2.45) is 16.5 Å². The summed E-state index contributed by atoms with van der Waals surface area (Å²) >= 11 is 0. The molecule has 0 aliphatic rings. The minimum Gasteiger partial charge on any atom is -0.508 e. The fraction of sp³-hybridized carbons (Fsp3) is 0.0769. The summed E-state index contributed by atoms with van der Waals surface area (Å²) in [5.41, 5.74) is 13.6. The van der Waals surface area contributed by atoms with Crippen LogP contribution in [0.4, 0.5) is 5.69 Å². The molecule has 0 atom stereocenters. The van der Waals surface area contributed by atoms with Crippen LogP contribution in [0.5, 0.6) is 11.5 Å². The van der Waals surface area contributed by atoms with Crippen molar-refractivity contribution >= 4 is 53.0 Å². The molecule has 4 aromatic rings. The van der Waals surface area contributed by atoms with E-state index in [0.717, 1.165) is 10.9 Å². The summed E-state index contributed by atoms with van der Waals surface area (Å²) in [5.74, 6) is -0.299. The number of aromatic nitrogens is 1. The molecule has 4 rings (SSSR count). The fourth-order valence-electron chi connectivity index (χ4n) is 3.36. The zero-order valence-electron chi connectivity index (χ0n) is 19.8. The lowest BCUT2D eigenvalue weighted by Gasteiger charge is -2.05. The number of benzene rings is 3. The number of nitrogens with zero attached hydrogens (tertiary/aromatic N) is 1. The Hall–Kier alpha value is -5.12. The van der Waals surface area contributed by atoms with Crippen molar-refractivity contribution in [1.82, 2.24) is 10.3 Å². The number of hydrogen-bond donors (Lipinski definition) is 5. The van der Waals surface area contributed by atoms with E-state index >= 15 is 0 Å². The van der Waals surface area contributed by atoms with Gasteiger partial charge in [-0.2, -0.15) is 9.59 Å². The molecule has 0 spiro atoms. The highest BCUT2D eigenvalue weighted by molar-refractivity contribution is 5.98. The van der Waals surface area contributed by atoms with Gasteiger partial charge < -0.3 is 31.6 Å². The van der Waals surface area contributed by atoms with Gasteiger partial charge in [0.05, 0.1) is 11.3 Å². The molecule has 3 aromatic carbocycles. The van der Waals surface area contributed by atoms with Crippen LogP contribution >= 0.6 is 12.4 Å². The number of aromatic amines is 1. The number of amides is 1. The normalized spacial score (nSPS) is 9.68. The van der Waals surface area contributed by atoms with E-state index < -0.39 is 5.97 Å². The van der Waals surface area contributed by atoms with Crippen molar-refractivity contribution in [1.29, 1.82) is 0 Å². The molecule has 0 saturated heterocycles. The van der Waals surface area contributed by atoms with Crippen LogP contribution in [0, 0.1) is 0 Å². The molecule has 38 heavy (non-hydrogen) atoms. The van der Waals surface area contributed by atoms with Crippen LogP contribution < -0.4 is 21.5 Å². The average Bonchev–Trinajstić information content (AvgIpc) is 3.29. The van der Waals surface area contributed by atoms with Gasteiger partial charge in [-0.05, 0) is 66.6 Å². The topological polar surface area (TPSA) is 190 Å². The Kier molecular flexibility index (Phi) is 10.6. The highest BCUT2D eigenvalue weighted by Gasteiger charge is 2.12. The number of halogens is 1. The summed E-state index contributed by atoms with van der Waals surface area (Å²) in [5, 5.41) is 13.0. The molecule has 0 aliphatic carbocycles. The maximum absolute atomic E-state index is 12.5. The number of ether oxygens (including phenoxy) is 1. The Morgan fingerprint density at radius 3 is 2.26 bits per heavy atom. The van der Waals surface area contributed by atoms with Gasteiger partial charge in [0.15, 0.2) is 5.96 Å². The van der Waals surface area contributed by atoms with Gasteiger partial charge in [0.2, 0.25) is 0 Å². The first-order valence-electron chi connectivity index (χ1n) is 10.9. The lowest BCUT2D eigenvalue weighted by molar-refractivity contribution is -0.191. The molecule has 0 bridgehead atoms. The number of esters is 1. The second kappa shape index (κ2) is 13.8. The Balaban J connectivity index is 0.00000121. The van der Waals surface area contributed by atoms with Crippen LogP contribution in [0.1, 0.15) is 26.4 Å². The Bertz CT molecular complexity index is 1460. The van der Waals surface area contributed by atoms with Crippen molar-refractivity contribution in [3.8, 4) is 11.5 Å². The number of H-pyrrole nitrogens is 1. The quantitative estimate of drug-likeness (QED) is 0.103. The lowest BCUT2D eigenvalue weighted by atomic mass is 10.1. The monoisotopic (exact) mass is 537 g/mol. The van der Waals surface area contributed by atoms with E-state index in [1.807, 2.05) is 12.1 Å². The van der Waals surface area contributed by atoms with Gasteiger partial charge in [-0.3, -0.25) is 4.79 Å². The number of nitrogens with two attached hydrogens (primary N) is 2. The van der Waals surface area contributed by atoms with Gasteiger partial charge in [-0.1, -0.05) is 12.1 Å². The van der Waals surface area contributed by atoms with E-state index in [-0.39, 0.29) is 36.2 Å². The van der Waals surface area contributed by atoms with Crippen LogP contribution in [-0.4, -0.2) is 40.6 Å². The van der Waals surface area contributed by atoms with Crippen molar-refractivity contribution in [3.05, 3.63) is 89.6 Å². The molecule has 0 unspecified atom stereocenters. The van der Waals surface area contributed by atoms with Crippen molar-refractivity contribution < 1.29 is 29.0 Å². The Labute approximate surface area is 222 Å². The van der Waals surface area contributed by atoms with Crippen LogP contribution in [0.2, 0.25) is 0 Å². The first-order chi connectivity index (χ1) is 17.8. The van der Waals surface area contributed by atoms with Gasteiger partial charge in [-0.25, -0.2) is 9.79 Å². The second-order valence-corrected chi connectivity index (χ2v) is 7.66. The van der Waals surface area contributed by atoms with Gasteiger partial charge in [0, 0.05) is 23.5 Å². The number of carbonyl (C=O) groups excluding carboxylic acids is 4. The molecule has 7 N–H and O–H groups in total. The van der Waals surface area contributed by atoms with Crippen LogP contribution in [0.25, 0.3) is 10.9 Å². The smallest absolute Gasteiger partial charge is 0.373 e. The minimum atomic E-state index is -0.533. The number of phenols is 1. The number of fused-ring (bicyclic) bond motifs is 1. The molecular formula is C26H24ClN5O6. The molecule has 0 fully saturated rings. The first-order valence-corrected chi connectivity index (χ1v) is 10.9. The maximum Gasteiger partial charge on any atom is 0.373 e. The SMILES string of the molecule is Cl.NC(N)=Nc1ccc(C(=O)Oc2ccc3cc(C(=O)NCCc4ccc(O)cc4)[nH]c3c2)cc1.O=C=O. The lowest BCUT2D eigenvalue weighted by Crippen LogP contribution is -2.25. The zero-order valence-corrected chi connectivity index (χ0v) is 20.7. The third-order valence-electron chi connectivity index (χ3n) is 5.05. The van der Waals surface area contributed by atoms with E-state index in [1.54, 1.807) is 60.7 Å². The van der Waals surface area contributed by atoms with Gasteiger partial charge >= 0.3 is 12.1 Å². The average molecular weight is 538 g/mol. The van der Waals surface area contributed by atoms with E-state index in [9.17, 15) is 14.7 Å². The van der Waals surface area contributed by atoms with Crippen molar-refractivity contribution in [2.45, 2.75) is 6.42 Å². The maximum atomic E-state index is 12.5. The van der Waals surface area contributed by atoms with Gasteiger partial charge in [0.25, 0.3) is 5.91 Å². The fourth-order valence-corrected chi connectivity index (χ4v) is 3.36. The Morgan fingerprint density at radius 1 is 0.974 bits per heavy atom. The highest BCUT2D eigenvalue weighted by atomic mass is 35.5. The predicted octanol–water partition coefficient (Wildman–Crippen LogP) is 2.81. The van der Waals surface area contributed by atoms with Crippen molar-refractivity contribution in [2.75, 3.05) is 6.54 Å². The third kappa shape index (κ3) is 8.23.